The van der Waals surface area contributed by atoms with Crippen LogP contribution in [0.2, 0.25) is 5.02 Å². The molecule has 3 aromatic rings. The van der Waals surface area contributed by atoms with E-state index in [-0.39, 0.29) is 5.57 Å². The third-order valence-corrected chi connectivity index (χ3v) is 5.81. The van der Waals surface area contributed by atoms with E-state index in [0.717, 1.165) is 34.0 Å². The van der Waals surface area contributed by atoms with Crippen LogP contribution in [0.25, 0.3) is 11.8 Å². The predicted octanol–water partition coefficient (Wildman–Crippen LogP) is 4.98. The van der Waals surface area contributed by atoms with Crippen molar-refractivity contribution < 1.29 is 14.4 Å². The van der Waals surface area contributed by atoms with Gasteiger partial charge in [-0.1, -0.05) is 30.7 Å². The number of halogens is 1. The minimum atomic E-state index is -0.756. The first-order valence-electron chi connectivity index (χ1n) is 10.3. The van der Waals surface area contributed by atoms with E-state index < -0.39 is 17.8 Å². The Kier molecular flexibility index (Phi) is 5.72. The first-order valence-corrected chi connectivity index (χ1v) is 10.6. The highest BCUT2D eigenvalue weighted by Crippen LogP contribution is 2.26. The molecule has 162 valence electrons. The Balaban J connectivity index is 1.73. The van der Waals surface area contributed by atoms with E-state index in [4.69, 9.17) is 11.6 Å². The van der Waals surface area contributed by atoms with Crippen molar-refractivity contribution in [2.75, 3.05) is 4.90 Å². The van der Waals surface area contributed by atoms with Crippen LogP contribution in [0.3, 0.4) is 0 Å². The zero-order chi connectivity index (χ0) is 23.0. The minimum absolute atomic E-state index is 0.0967. The standard InChI is InChI=1S/C25H22ClN3O3/c1-4-17-5-9-21(10-6-17)29-24(31)22(23(30)27-25(29)32)14-18-13-15(2)28(16(18)3)20-11-7-19(26)8-12-20/h5-14H,4H2,1-3H3,(H,27,30,32)/b22-14-. The highest BCUT2D eigenvalue weighted by atomic mass is 35.5. The number of amides is 4. The van der Waals surface area contributed by atoms with Gasteiger partial charge in [-0.3, -0.25) is 14.9 Å². The van der Waals surface area contributed by atoms with Crippen LogP contribution in [-0.4, -0.2) is 22.4 Å². The smallest absolute Gasteiger partial charge is 0.318 e. The van der Waals surface area contributed by atoms with Gasteiger partial charge in [0.05, 0.1) is 5.69 Å². The molecule has 4 amide bonds. The van der Waals surface area contributed by atoms with Crippen molar-refractivity contribution in [3.05, 3.63) is 87.7 Å². The molecule has 1 aliphatic heterocycles. The van der Waals surface area contributed by atoms with Crippen molar-refractivity contribution in [3.8, 4) is 5.69 Å². The van der Waals surface area contributed by atoms with Crippen molar-refractivity contribution >= 4 is 41.2 Å². The number of imide groups is 2. The number of aromatic nitrogens is 1. The lowest BCUT2D eigenvalue weighted by Crippen LogP contribution is -2.54. The number of hydrogen-bond donors (Lipinski definition) is 1. The maximum absolute atomic E-state index is 13.2. The molecule has 1 fully saturated rings. The molecule has 1 aromatic heterocycles. The molecule has 6 nitrogen and oxygen atoms in total. The third-order valence-electron chi connectivity index (χ3n) is 5.56. The van der Waals surface area contributed by atoms with E-state index in [0.29, 0.717) is 16.3 Å². The van der Waals surface area contributed by atoms with Crippen molar-refractivity contribution in [1.29, 1.82) is 0 Å². The van der Waals surface area contributed by atoms with Crippen LogP contribution in [0.15, 0.2) is 60.2 Å². The second-order valence-corrected chi connectivity index (χ2v) is 8.05. The second-order valence-electron chi connectivity index (χ2n) is 7.62. The van der Waals surface area contributed by atoms with Crippen LogP contribution in [-0.2, 0) is 16.0 Å². The van der Waals surface area contributed by atoms with Gasteiger partial charge in [0.15, 0.2) is 0 Å². The zero-order valence-electron chi connectivity index (χ0n) is 18.0. The normalized spacial score (nSPS) is 15.4. The lowest BCUT2D eigenvalue weighted by Gasteiger charge is -2.26. The second kappa shape index (κ2) is 8.48. The highest BCUT2D eigenvalue weighted by Gasteiger charge is 2.37. The van der Waals surface area contributed by atoms with Crippen molar-refractivity contribution in [2.24, 2.45) is 0 Å². The molecule has 0 saturated carbocycles. The summed E-state index contributed by atoms with van der Waals surface area (Å²) in [5.41, 5.74) is 4.82. The molecule has 0 unspecified atom stereocenters. The van der Waals surface area contributed by atoms with E-state index in [1.807, 2.05) is 55.7 Å². The summed E-state index contributed by atoms with van der Waals surface area (Å²) in [5.74, 6) is -1.36. The SMILES string of the molecule is CCc1ccc(N2C(=O)NC(=O)/C(=C/c3cc(C)n(-c4ccc(Cl)cc4)c3C)C2=O)cc1. The van der Waals surface area contributed by atoms with E-state index in [9.17, 15) is 14.4 Å². The summed E-state index contributed by atoms with van der Waals surface area (Å²) in [5, 5.41) is 2.91. The summed E-state index contributed by atoms with van der Waals surface area (Å²) in [4.78, 5) is 39.1. The first kappa shape index (κ1) is 21.6. The highest BCUT2D eigenvalue weighted by molar-refractivity contribution is 6.39. The Morgan fingerprint density at radius 2 is 1.56 bits per heavy atom. The van der Waals surface area contributed by atoms with Gasteiger partial charge < -0.3 is 4.57 Å². The quantitative estimate of drug-likeness (QED) is 0.453. The summed E-state index contributed by atoms with van der Waals surface area (Å²) < 4.78 is 2.01. The molecule has 0 aliphatic carbocycles. The van der Waals surface area contributed by atoms with Gasteiger partial charge >= 0.3 is 6.03 Å². The number of nitrogens with one attached hydrogen (secondary N) is 1. The van der Waals surface area contributed by atoms with Crippen molar-refractivity contribution in [3.63, 3.8) is 0 Å². The number of carbonyl (C=O) groups excluding carboxylic acids is 3. The summed E-state index contributed by atoms with van der Waals surface area (Å²) >= 11 is 6.00. The summed E-state index contributed by atoms with van der Waals surface area (Å²) in [6.07, 6.45) is 2.37. The molecule has 4 rings (SSSR count). The third kappa shape index (κ3) is 3.85. The van der Waals surface area contributed by atoms with Gasteiger partial charge in [0.25, 0.3) is 11.8 Å². The summed E-state index contributed by atoms with van der Waals surface area (Å²) in [7, 11) is 0. The van der Waals surface area contributed by atoms with Gasteiger partial charge in [-0.2, -0.15) is 0 Å². The van der Waals surface area contributed by atoms with Gasteiger partial charge in [-0.25, -0.2) is 9.69 Å². The average Bonchev–Trinajstić information content (AvgIpc) is 3.05. The van der Waals surface area contributed by atoms with Crippen LogP contribution in [0, 0.1) is 13.8 Å². The van der Waals surface area contributed by atoms with Crippen LogP contribution in [0.5, 0.6) is 0 Å². The largest absolute Gasteiger partial charge is 0.335 e. The van der Waals surface area contributed by atoms with E-state index in [1.165, 1.54) is 6.08 Å². The van der Waals surface area contributed by atoms with Gasteiger partial charge in [-0.05, 0) is 79.9 Å². The van der Waals surface area contributed by atoms with Gasteiger partial charge in [0.1, 0.15) is 5.57 Å². The lowest BCUT2D eigenvalue weighted by molar-refractivity contribution is -0.122. The molecular weight excluding hydrogens is 426 g/mol. The molecule has 0 radical (unpaired) electrons. The van der Waals surface area contributed by atoms with Gasteiger partial charge in [0, 0.05) is 22.1 Å². The molecule has 0 atom stereocenters. The van der Waals surface area contributed by atoms with Crippen molar-refractivity contribution in [1.82, 2.24) is 9.88 Å². The van der Waals surface area contributed by atoms with E-state index >= 15 is 0 Å². The molecule has 32 heavy (non-hydrogen) atoms. The fourth-order valence-electron chi connectivity index (χ4n) is 3.85. The molecule has 1 aliphatic rings. The van der Waals surface area contributed by atoms with Crippen LogP contribution >= 0.6 is 11.6 Å². The number of hydrogen-bond acceptors (Lipinski definition) is 3. The Morgan fingerprint density at radius 1 is 0.938 bits per heavy atom. The monoisotopic (exact) mass is 447 g/mol. The topological polar surface area (TPSA) is 71.4 Å². The maximum atomic E-state index is 13.2. The number of rotatable bonds is 4. The summed E-state index contributed by atoms with van der Waals surface area (Å²) in [6, 6.07) is 15.7. The fourth-order valence-corrected chi connectivity index (χ4v) is 3.98. The molecule has 2 heterocycles. The Labute approximate surface area is 191 Å². The van der Waals surface area contributed by atoms with Crippen LogP contribution in [0.1, 0.15) is 29.4 Å². The predicted molar refractivity (Wildman–Crippen MR) is 125 cm³/mol. The number of barbiturate groups is 1. The average molecular weight is 448 g/mol. The number of nitrogens with zero attached hydrogens (tertiary/aromatic N) is 2. The lowest BCUT2D eigenvalue weighted by atomic mass is 10.1. The van der Waals surface area contributed by atoms with E-state index in [1.54, 1.807) is 24.3 Å². The molecule has 1 saturated heterocycles. The Hall–Kier alpha value is -3.64. The number of anilines is 1. The fraction of sp³-hybridized carbons (Fsp3) is 0.160. The number of aryl methyl sites for hydroxylation is 2. The molecule has 0 bridgehead atoms. The Morgan fingerprint density at radius 3 is 2.19 bits per heavy atom. The molecule has 1 N–H and O–H groups in total. The van der Waals surface area contributed by atoms with E-state index in [2.05, 4.69) is 5.32 Å². The Bertz CT molecular complexity index is 1250. The number of urea groups is 1. The molecule has 2 aromatic carbocycles. The maximum Gasteiger partial charge on any atom is 0.335 e. The van der Waals surface area contributed by atoms with Gasteiger partial charge in [-0.15, -0.1) is 0 Å². The zero-order valence-corrected chi connectivity index (χ0v) is 18.7. The molecule has 7 heteroatoms. The minimum Gasteiger partial charge on any atom is -0.318 e. The molecule has 0 spiro atoms. The van der Waals surface area contributed by atoms with Crippen LogP contribution in [0.4, 0.5) is 10.5 Å². The van der Waals surface area contributed by atoms with Crippen molar-refractivity contribution in [2.45, 2.75) is 27.2 Å². The molecular formula is C25H22ClN3O3. The first-order chi connectivity index (χ1) is 15.3. The summed E-state index contributed by atoms with van der Waals surface area (Å²) in [6.45, 7) is 5.87. The number of benzene rings is 2. The van der Waals surface area contributed by atoms with Gasteiger partial charge in [0.2, 0.25) is 0 Å². The van der Waals surface area contributed by atoms with Crippen LogP contribution < -0.4 is 10.2 Å². The number of carbonyl (C=O) groups is 3.